The zero-order valence-electron chi connectivity index (χ0n) is 13.7. The van der Waals surface area contributed by atoms with Gasteiger partial charge in [-0.3, -0.25) is 0 Å². The number of nitrogens with one attached hydrogen (secondary N) is 1. The molecule has 0 amide bonds. The first-order chi connectivity index (χ1) is 9.68. The van der Waals surface area contributed by atoms with Crippen LogP contribution in [0.4, 0.5) is 0 Å². The van der Waals surface area contributed by atoms with Gasteiger partial charge in [0.15, 0.2) is 0 Å². The lowest BCUT2D eigenvalue weighted by molar-refractivity contribution is 0.112. The molecule has 1 aliphatic rings. The lowest BCUT2D eigenvalue weighted by Crippen LogP contribution is -2.52. The van der Waals surface area contributed by atoms with Crippen molar-refractivity contribution in [2.24, 2.45) is 5.92 Å². The molecule has 4 nitrogen and oxygen atoms in total. The fourth-order valence-electron chi connectivity index (χ4n) is 3.40. The van der Waals surface area contributed by atoms with Crippen LogP contribution in [0.25, 0.3) is 0 Å². The number of hydrogen-bond acceptors (Lipinski definition) is 4. The van der Waals surface area contributed by atoms with Gasteiger partial charge in [0.05, 0.1) is 6.61 Å². The number of ether oxygens (including phenoxy) is 1. The summed E-state index contributed by atoms with van der Waals surface area (Å²) >= 11 is 0. The first kappa shape index (κ1) is 17.9. The average molecular weight is 286 g/mol. The third-order valence-corrected chi connectivity index (χ3v) is 4.71. The van der Waals surface area contributed by atoms with E-state index < -0.39 is 0 Å². The molecular weight excluding hydrogens is 252 g/mol. The summed E-state index contributed by atoms with van der Waals surface area (Å²) in [6.07, 6.45) is 7.03. The summed E-state index contributed by atoms with van der Waals surface area (Å²) in [6, 6.07) is 0. The van der Waals surface area contributed by atoms with Crippen LogP contribution >= 0.6 is 0 Å². The molecule has 0 spiro atoms. The van der Waals surface area contributed by atoms with Crippen LogP contribution in [0.3, 0.4) is 0 Å². The average Bonchev–Trinajstić information content (AvgIpc) is 2.86. The third kappa shape index (κ3) is 5.32. The van der Waals surface area contributed by atoms with Crippen molar-refractivity contribution in [2.45, 2.75) is 51.0 Å². The van der Waals surface area contributed by atoms with Crippen LogP contribution in [0.2, 0.25) is 0 Å². The summed E-state index contributed by atoms with van der Waals surface area (Å²) in [7, 11) is 3.94. The van der Waals surface area contributed by atoms with Crippen LogP contribution < -0.4 is 5.32 Å². The maximum Gasteiger partial charge on any atom is 0.0616 e. The second-order valence-corrected chi connectivity index (χ2v) is 6.27. The summed E-state index contributed by atoms with van der Waals surface area (Å²) in [5.41, 5.74) is -0.0105. The van der Waals surface area contributed by atoms with E-state index in [1.807, 2.05) is 0 Å². The largest absolute Gasteiger partial charge is 0.394 e. The molecule has 0 aliphatic heterocycles. The number of rotatable bonds is 11. The van der Waals surface area contributed by atoms with Crippen molar-refractivity contribution in [2.75, 3.05) is 47.0 Å². The van der Waals surface area contributed by atoms with Crippen molar-refractivity contribution in [3.05, 3.63) is 0 Å². The van der Waals surface area contributed by atoms with Crippen molar-refractivity contribution in [1.82, 2.24) is 10.2 Å². The van der Waals surface area contributed by atoms with Crippen molar-refractivity contribution in [3.63, 3.8) is 0 Å². The number of aliphatic hydroxyl groups excluding tert-OH is 1. The number of aliphatic hydroxyl groups is 1. The highest BCUT2D eigenvalue weighted by Crippen LogP contribution is 2.37. The van der Waals surface area contributed by atoms with E-state index in [0.717, 1.165) is 45.5 Å². The van der Waals surface area contributed by atoms with E-state index in [9.17, 15) is 5.11 Å². The van der Waals surface area contributed by atoms with Gasteiger partial charge in [-0.2, -0.15) is 0 Å². The molecular formula is C16H34N2O2. The van der Waals surface area contributed by atoms with E-state index in [-0.39, 0.29) is 12.1 Å². The normalized spacial score (nSPS) is 26.6. The summed E-state index contributed by atoms with van der Waals surface area (Å²) in [4.78, 5) is 2.39. The summed E-state index contributed by atoms with van der Waals surface area (Å²) in [6.45, 7) is 6.53. The Kier molecular flexibility index (Phi) is 8.69. The van der Waals surface area contributed by atoms with Crippen LogP contribution in [0.15, 0.2) is 0 Å². The van der Waals surface area contributed by atoms with Crippen LogP contribution in [-0.4, -0.2) is 62.6 Å². The zero-order valence-corrected chi connectivity index (χ0v) is 13.7. The van der Waals surface area contributed by atoms with E-state index in [2.05, 4.69) is 24.2 Å². The van der Waals surface area contributed by atoms with Crippen LogP contribution in [0, 0.1) is 5.92 Å². The van der Waals surface area contributed by atoms with Crippen molar-refractivity contribution < 1.29 is 9.84 Å². The van der Waals surface area contributed by atoms with Crippen LogP contribution in [0.1, 0.15) is 45.4 Å². The molecule has 1 saturated carbocycles. The molecule has 0 aromatic rings. The standard InChI is InChI=1S/C16H34N2O2/c1-4-10-17-16(14-19)9-5-7-15(16)8-12-18(2)11-6-13-20-3/h15,17,19H,4-14H2,1-3H3. The first-order valence-electron chi connectivity index (χ1n) is 8.22. The van der Waals surface area contributed by atoms with Gasteiger partial charge in [0.2, 0.25) is 0 Å². The van der Waals surface area contributed by atoms with E-state index in [0.29, 0.717) is 5.92 Å². The van der Waals surface area contributed by atoms with Crippen LogP contribution in [0.5, 0.6) is 0 Å². The highest BCUT2D eigenvalue weighted by molar-refractivity contribution is 4.99. The first-order valence-corrected chi connectivity index (χ1v) is 8.22. The molecule has 0 bridgehead atoms. The molecule has 4 heteroatoms. The zero-order chi connectivity index (χ0) is 14.8. The van der Waals surface area contributed by atoms with Gasteiger partial charge >= 0.3 is 0 Å². The number of nitrogens with zero attached hydrogens (tertiary/aromatic N) is 1. The molecule has 2 unspecified atom stereocenters. The molecule has 2 N–H and O–H groups in total. The van der Waals surface area contributed by atoms with Gasteiger partial charge < -0.3 is 20.1 Å². The van der Waals surface area contributed by atoms with Gasteiger partial charge in [-0.15, -0.1) is 0 Å². The predicted octanol–water partition coefficient (Wildman–Crippen LogP) is 1.88. The number of hydrogen-bond donors (Lipinski definition) is 2. The smallest absolute Gasteiger partial charge is 0.0616 e. The van der Waals surface area contributed by atoms with E-state index in [1.165, 1.54) is 19.3 Å². The molecule has 20 heavy (non-hydrogen) atoms. The van der Waals surface area contributed by atoms with E-state index in [4.69, 9.17) is 4.74 Å². The quantitative estimate of drug-likeness (QED) is 0.569. The molecule has 1 rings (SSSR count). The Morgan fingerprint density at radius 3 is 2.85 bits per heavy atom. The van der Waals surface area contributed by atoms with Crippen LogP contribution in [-0.2, 0) is 4.74 Å². The fraction of sp³-hybridized carbons (Fsp3) is 1.00. The molecule has 1 fully saturated rings. The minimum absolute atomic E-state index is 0.0105. The Bertz CT molecular complexity index is 251. The molecule has 0 saturated heterocycles. The predicted molar refractivity (Wildman–Crippen MR) is 84.1 cm³/mol. The maximum absolute atomic E-state index is 9.86. The summed E-state index contributed by atoms with van der Waals surface area (Å²) in [5.74, 6) is 0.615. The Morgan fingerprint density at radius 1 is 1.40 bits per heavy atom. The molecule has 0 aromatic carbocycles. The van der Waals surface area contributed by atoms with Gasteiger partial charge in [-0.05, 0) is 58.2 Å². The second kappa shape index (κ2) is 9.72. The SMILES string of the molecule is CCCNC1(CO)CCCC1CCN(C)CCCOC. The Hall–Kier alpha value is -0.160. The van der Waals surface area contributed by atoms with E-state index >= 15 is 0 Å². The summed E-state index contributed by atoms with van der Waals surface area (Å²) < 4.78 is 5.10. The van der Waals surface area contributed by atoms with Gasteiger partial charge in [0, 0.05) is 25.8 Å². The molecule has 120 valence electrons. The highest BCUT2D eigenvalue weighted by Gasteiger charge is 2.41. The molecule has 0 aromatic heterocycles. The molecule has 2 atom stereocenters. The molecule has 0 radical (unpaired) electrons. The Morgan fingerprint density at radius 2 is 2.20 bits per heavy atom. The lowest BCUT2D eigenvalue weighted by Gasteiger charge is -2.36. The van der Waals surface area contributed by atoms with Gasteiger partial charge in [0.25, 0.3) is 0 Å². The van der Waals surface area contributed by atoms with Gasteiger partial charge in [-0.25, -0.2) is 0 Å². The topological polar surface area (TPSA) is 44.7 Å². The maximum atomic E-state index is 9.86. The van der Waals surface area contributed by atoms with Gasteiger partial charge in [-0.1, -0.05) is 13.3 Å². The Balaban J connectivity index is 2.36. The third-order valence-electron chi connectivity index (χ3n) is 4.71. The second-order valence-electron chi connectivity index (χ2n) is 6.27. The fourth-order valence-corrected chi connectivity index (χ4v) is 3.40. The summed E-state index contributed by atoms with van der Waals surface area (Å²) in [5, 5.41) is 13.5. The molecule has 0 heterocycles. The lowest BCUT2D eigenvalue weighted by atomic mass is 9.85. The number of methoxy groups -OCH3 is 1. The minimum atomic E-state index is -0.0105. The Labute approximate surface area is 124 Å². The van der Waals surface area contributed by atoms with Crippen molar-refractivity contribution >= 4 is 0 Å². The highest BCUT2D eigenvalue weighted by atomic mass is 16.5. The van der Waals surface area contributed by atoms with Crippen molar-refractivity contribution in [3.8, 4) is 0 Å². The monoisotopic (exact) mass is 286 g/mol. The molecule has 1 aliphatic carbocycles. The van der Waals surface area contributed by atoms with Crippen molar-refractivity contribution in [1.29, 1.82) is 0 Å². The minimum Gasteiger partial charge on any atom is -0.394 e. The van der Waals surface area contributed by atoms with E-state index in [1.54, 1.807) is 7.11 Å². The van der Waals surface area contributed by atoms with Gasteiger partial charge in [0.1, 0.15) is 0 Å².